The van der Waals surface area contributed by atoms with Gasteiger partial charge in [-0.15, -0.1) is 0 Å². The van der Waals surface area contributed by atoms with E-state index in [1.54, 1.807) is 23.0 Å². The van der Waals surface area contributed by atoms with Crippen molar-refractivity contribution in [1.29, 1.82) is 0 Å². The molecule has 0 aliphatic carbocycles. The molecular weight excluding hydrogens is 437 g/mol. The number of carbonyl (C=O) groups excluding carboxylic acids is 1. The fraction of sp³-hybridized carbons (Fsp3) is 0.158. The van der Waals surface area contributed by atoms with Gasteiger partial charge in [0.25, 0.3) is 5.91 Å². The summed E-state index contributed by atoms with van der Waals surface area (Å²) in [5.41, 5.74) is 3.55. The summed E-state index contributed by atoms with van der Waals surface area (Å²) >= 11 is 15.6. The van der Waals surface area contributed by atoms with Gasteiger partial charge in [-0.3, -0.25) is 9.48 Å². The van der Waals surface area contributed by atoms with Crippen LogP contribution in [-0.2, 0) is 6.54 Å². The maximum Gasteiger partial charge on any atom is 0.257 e. The van der Waals surface area contributed by atoms with Gasteiger partial charge in [-0.25, -0.2) is 0 Å². The second-order valence-corrected chi connectivity index (χ2v) is 7.73. The van der Waals surface area contributed by atoms with Crippen molar-refractivity contribution in [2.75, 3.05) is 5.32 Å². The molecule has 1 amide bonds. The van der Waals surface area contributed by atoms with Crippen molar-refractivity contribution >= 4 is 50.9 Å². The van der Waals surface area contributed by atoms with Crippen LogP contribution in [0.1, 0.15) is 27.0 Å². The summed E-state index contributed by atoms with van der Waals surface area (Å²) in [5, 5.41) is 8.43. The molecule has 4 nitrogen and oxygen atoms in total. The number of carbonyl (C=O) groups is 1. The Bertz CT molecular complexity index is 985. The van der Waals surface area contributed by atoms with Crippen molar-refractivity contribution in [1.82, 2.24) is 9.78 Å². The molecule has 3 aromatic rings. The van der Waals surface area contributed by atoms with Gasteiger partial charge in [0.1, 0.15) is 0 Å². The Hall–Kier alpha value is -1.82. The third-order valence-electron chi connectivity index (χ3n) is 3.92. The maximum absolute atomic E-state index is 12.5. The van der Waals surface area contributed by atoms with Crippen LogP contribution in [0.4, 0.5) is 5.82 Å². The van der Waals surface area contributed by atoms with E-state index in [-0.39, 0.29) is 5.91 Å². The van der Waals surface area contributed by atoms with Crippen molar-refractivity contribution in [3.05, 3.63) is 79.4 Å². The zero-order chi connectivity index (χ0) is 18.8. The molecule has 1 aromatic heterocycles. The average molecular weight is 453 g/mol. The van der Waals surface area contributed by atoms with E-state index in [0.29, 0.717) is 32.4 Å². The number of halogens is 3. The number of nitrogens with zero attached hydrogens (tertiary/aromatic N) is 2. The minimum atomic E-state index is -0.196. The fourth-order valence-electron chi connectivity index (χ4n) is 2.63. The van der Waals surface area contributed by atoms with Crippen LogP contribution in [0, 0.1) is 13.8 Å². The minimum Gasteiger partial charge on any atom is -0.304 e. The third kappa shape index (κ3) is 4.29. The van der Waals surface area contributed by atoms with Crippen molar-refractivity contribution in [2.45, 2.75) is 20.4 Å². The van der Waals surface area contributed by atoms with Crippen LogP contribution in [0.2, 0.25) is 10.0 Å². The van der Waals surface area contributed by atoms with Crippen molar-refractivity contribution in [2.24, 2.45) is 0 Å². The molecule has 0 atom stereocenters. The van der Waals surface area contributed by atoms with Crippen LogP contribution in [0.15, 0.2) is 47.1 Å². The maximum atomic E-state index is 12.5. The number of aryl methyl sites for hydroxylation is 2. The number of hydrogen-bond donors (Lipinski definition) is 1. The molecule has 1 heterocycles. The minimum absolute atomic E-state index is 0.196. The highest BCUT2D eigenvalue weighted by atomic mass is 79.9. The van der Waals surface area contributed by atoms with Gasteiger partial charge in [0.2, 0.25) is 0 Å². The Morgan fingerprint density at radius 1 is 1.19 bits per heavy atom. The first kappa shape index (κ1) is 19.0. The van der Waals surface area contributed by atoms with Crippen LogP contribution < -0.4 is 5.32 Å². The lowest BCUT2D eigenvalue weighted by Gasteiger charge is -2.07. The summed E-state index contributed by atoms with van der Waals surface area (Å²) in [7, 11) is 0. The number of nitrogens with one attached hydrogen (secondary N) is 1. The molecule has 7 heteroatoms. The quantitative estimate of drug-likeness (QED) is 0.538. The largest absolute Gasteiger partial charge is 0.304 e. The van der Waals surface area contributed by atoms with Crippen LogP contribution in [0.3, 0.4) is 0 Å². The Morgan fingerprint density at radius 3 is 2.65 bits per heavy atom. The van der Waals surface area contributed by atoms with E-state index in [0.717, 1.165) is 16.7 Å². The molecule has 0 saturated carbocycles. The summed E-state index contributed by atoms with van der Waals surface area (Å²) in [5.74, 6) is 0.262. The van der Waals surface area contributed by atoms with Gasteiger partial charge in [-0.05, 0) is 59.1 Å². The van der Waals surface area contributed by atoms with Crippen molar-refractivity contribution in [3.8, 4) is 0 Å². The van der Waals surface area contributed by atoms with Gasteiger partial charge in [0, 0.05) is 21.8 Å². The number of anilines is 1. The van der Waals surface area contributed by atoms with E-state index in [2.05, 4.69) is 26.3 Å². The van der Waals surface area contributed by atoms with Gasteiger partial charge in [-0.2, -0.15) is 5.10 Å². The molecule has 3 rings (SSSR count). The summed E-state index contributed by atoms with van der Waals surface area (Å²) in [6.07, 6.45) is 1.79. The predicted molar refractivity (Wildman–Crippen MR) is 109 cm³/mol. The standard InChI is InChI=1S/C19H16BrCl2N3O/c1-11-3-6-15(12(2)7-11)19(26)23-18-16(20)10-25(24-18)9-13-4-5-14(21)8-17(13)22/h3-8,10H,9H2,1-2H3,(H,23,24,26). The topological polar surface area (TPSA) is 46.9 Å². The van der Waals surface area contributed by atoms with Crippen molar-refractivity contribution < 1.29 is 4.79 Å². The van der Waals surface area contributed by atoms with Gasteiger partial charge in [0.15, 0.2) is 5.82 Å². The van der Waals surface area contributed by atoms with E-state index in [1.807, 2.05) is 38.1 Å². The first-order valence-electron chi connectivity index (χ1n) is 7.89. The highest BCUT2D eigenvalue weighted by Crippen LogP contribution is 2.25. The molecule has 1 N–H and O–H groups in total. The highest BCUT2D eigenvalue weighted by Gasteiger charge is 2.14. The molecule has 2 aromatic carbocycles. The summed E-state index contributed by atoms with van der Waals surface area (Å²) in [4.78, 5) is 12.5. The number of rotatable bonds is 4. The molecule has 26 heavy (non-hydrogen) atoms. The van der Waals surface area contributed by atoms with Crippen LogP contribution in [0.5, 0.6) is 0 Å². The second kappa shape index (κ2) is 7.82. The van der Waals surface area contributed by atoms with Crippen LogP contribution >= 0.6 is 39.1 Å². The highest BCUT2D eigenvalue weighted by molar-refractivity contribution is 9.10. The SMILES string of the molecule is Cc1ccc(C(=O)Nc2nn(Cc3ccc(Cl)cc3Cl)cc2Br)c(C)c1. The lowest BCUT2D eigenvalue weighted by Crippen LogP contribution is -2.14. The van der Waals surface area contributed by atoms with E-state index in [4.69, 9.17) is 23.2 Å². The predicted octanol–water partition coefficient (Wildman–Crippen LogP) is 5.87. The van der Waals surface area contributed by atoms with Gasteiger partial charge >= 0.3 is 0 Å². The molecule has 134 valence electrons. The Labute approximate surface area is 170 Å². The van der Waals surface area contributed by atoms with Gasteiger partial charge < -0.3 is 5.32 Å². The monoisotopic (exact) mass is 451 g/mol. The van der Waals surface area contributed by atoms with E-state index >= 15 is 0 Å². The van der Waals surface area contributed by atoms with E-state index in [9.17, 15) is 4.79 Å². The molecule has 0 radical (unpaired) electrons. The molecular formula is C19H16BrCl2N3O. The van der Waals surface area contributed by atoms with Gasteiger partial charge in [-0.1, -0.05) is 47.0 Å². The van der Waals surface area contributed by atoms with E-state index < -0.39 is 0 Å². The zero-order valence-corrected chi connectivity index (χ0v) is 17.3. The normalized spacial score (nSPS) is 10.8. The molecule has 0 aliphatic rings. The average Bonchev–Trinajstić information content (AvgIpc) is 2.89. The lowest BCUT2D eigenvalue weighted by atomic mass is 10.1. The molecule has 0 spiro atoms. The number of benzene rings is 2. The summed E-state index contributed by atoms with van der Waals surface area (Å²) < 4.78 is 2.40. The Morgan fingerprint density at radius 2 is 1.96 bits per heavy atom. The lowest BCUT2D eigenvalue weighted by molar-refractivity contribution is 0.102. The molecule has 0 saturated heterocycles. The molecule has 0 bridgehead atoms. The van der Waals surface area contributed by atoms with Gasteiger partial charge in [0.05, 0.1) is 11.0 Å². The molecule has 0 fully saturated rings. The molecule has 0 aliphatic heterocycles. The number of hydrogen-bond acceptors (Lipinski definition) is 2. The summed E-state index contributed by atoms with van der Waals surface area (Å²) in [6, 6.07) is 11.0. The van der Waals surface area contributed by atoms with Crippen molar-refractivity contribution in [3.63, 3.8) is 0 Å². The Kier molecular flexibility index (Phi) is 5.70. The second-order valence-electron chi connectivity index (χ2n) is 6.03. The van der Waals surface area contributed by atoms with E-state index in [1.165, 1.54) is 0 Å². The number of amides is 1. The first-order valence-corrected chi connectivity index (χ1v) is 9.44. The first-order chi connectivity index (χ1) is 12.3. The smallest absolute Gasteiger partial charge is 0.257 e. The van der Waals surface area contributed by atoms with Crippen LogP contribution in [0.25, 0.3) is 0 Å². The number of aromatic nitrogens is 2. The third-order valence-corrected chi connectivity index (χ3v) is 5.09. The fourth-order valence-corrected chi connectivity index (χ4v) is 3.51. The molecule has 0 unspecified atom stereocenters. The Balaban J connectivity index is 1.78. The summed E-state index contributed by atoms with van der Waals surface area (Å²) in [6.45, 7) is 4.38. The zero-order valence-electron chi connectivity index (χ0n) is 14.2. The van der Waals surface area contributed by atoms with Crippen LogP contribution in [-0.4, -0.2) is 15.7 Å².